The average molecular weight is 428 g/mol. The molecule has 2 heterocycles. The predicted molar refractivity (Wildman–Crippen MR) is 118 cm³/mol. The molecule has 6 nitrogen and oxygen atoms in total. The van der Waals surface area contributed by atoms with E-state index < -0.39 is 9.84 Å². The van der Waals surface area contributed by atoms with Crippen LogP contribution in [0.1, 0.15) is 23.6 Å². The smallest absolute Gasteiger partial charge is 0.236 e. The first-order chi connectivity index (χ1) is 14.5. The number of amides is 1. The van der Waals surface area contributed by atoms with Crippen molar-refractivity contribution in [2.24, 2.45) is 0 Å². The third-order valence-corrected chi connectivity index (χ3v) is 7.87. The number of nitrogens with one attached hydrogen (secondary N) is 1. The summed E-state index contributed by atoms with van der Waals surface area (Å²) in [6, 6.07) is 20.4. The van der Waals surface area contributed by atoms with Crippen LogP contribution in [0.5, 0.6) is 0 Å². The van der Waals surface area contributed by atoms with Crippen molar-refractivity contribution in [3.05, 3.63) is 71.8 Å². The number of hydrogen-bond acceptors (Lipinski definition) is 5. The minimum Gasteiger partial charge on any atom is -0.339 e. The van der Waals surface area contributed by atoms with Gasteiger partial charge in [0.2, 0.25) is 5.91 Å². The molecule has 4 rings (SSSR count). The molecule has 2 fully saturated rings. The second-order valence-electron chi connectivity index (χ2n) is 8.11. The zero-order chi connectivity index (χ0) is 21.0. The van der Waals surface area contributed by atoms with Crippen molar-refractivity contribution in [3.63, 3.8) is 0 Å². The number of carbonyl (C=O) groups is 1. The van der Waals surface area contributed by atoms with Crippen LogP contribution in [-0.4, -0.2) is 74.4 Å². The Bertz CT molecular complexity index is 903. The number of piperazine rings is 1. The topological polar surface area (TPSA) is 69.7 Å². The highest BCUT2D eigenvalue weighted by molar-refractivity contribution is 7.91. The summed E-state index contributed by atoms with van der Waals surface area (Å²) in [7, 11) is -2.88. The van der Waals surface area contributed by atoms with Crippen LogP contribution in [-0.2, 0) is 14.6 Å². The maximum atomic E-state index is 12.8. The van der Waals surface area contributed by atoms with Gasteiger partial charge in [0.25, 0.3) is 0 Å². The Labute approximate surface area is 178 Å². The van der Waals surface area contributed by atoms with Crippen molar-refractivity contribution in [2.45, 2.75) is 18.5 Å². The van der Waals surface area contributed by atoms with Gasteiger partial charge in [0.1, 0.15) is 0 Å². The Morgan fingerprint density at radius 2 is 1.50 bits per heavy atom. The molecule has 1 N–H and O–H groups in total. The van der Waals surface area contributed by atoms with Gasteiger partial charge in [0.05, 0.1) is 24.1 Å². The van der Waals surface area contributed by atoms with Crippen LogP contribution >= 0.6 is 0 Å². The molecule has 2 aliphatic rings. The molecule has 0 bridgehead atoms. The standard InChI is InChI=1S/C23H29N3O3S/c27-22(26-14-12-25(13-15-26)21-11-16-30(28,29)18-21)17-24-23(19-7-3-1-4-8-19)20-9-5-2-6-10-20/h1-10,21,23-24H,11-18H2/t21-/m1/s1. The molecule has 0 saturated carbocycles. The van der Waals surface area contributed by atoms with Gasteiger partial charge >= 0.3 is 0 Å². The molecule has 1 atom stereocenters. The molecule has 2 aromatic rings. The van der Waals surface area contributed by atoms with Gasteiger partial charge in [-0.3, -0.25) is 15.0 Å². The van der Waals surface area contributed by atoms with Gasteiger partial charge < -0.3 is 4.90 Å². The summed E-state index contributed by atoms with van der Waals surface area (Å²) in [6.45, 7) is 3.06. The van der Waals surface area contributed by atoms with E-state index in [1.54, 1.807) is 0 Å². The van der Waals surface area contributed by atoms with Crippen LogP contribution in [0.25, 0.3) is 0 Å². The summed E-state index contributed by atoms with van der Waals surface area (Å²) in [5.41, 5.74) is 2.26. The second-order valence-corrected chi connectivity index (χ2v) is 10.3. The van der Waals surface area contributed by atoms with E-state index in [9.17, 15) is 13.2 Å². The number of rotatable bonds is 6. The SMILES string of the molecule is O=C(CNC(c1ccccc1)c1ccccc1)N1CCN([C@@H]2CCS(=O)(=O)C2)CC1. The highest BCUT2D eigenvalue weighted by Gasteiger charge is 2.34. The Kier molecular flexibility index (Phi) is 6.51. The summed E-state index contributed by atoms with van der Waals surface area (Å²) in [5, 5.41) is 3.44. The zero-order valence-electron chi connectivity index (χ0n) is 17.1. The maximum Gasteiger partial charge on any atom is 0.236 e. The molecular formula is C23H29N3O3S. The van der Waals surface area contributed by atoms with Gasteiger partial charge in [0.15, 0.2) is 9.84 Å². The van der Waals surface area contributed by atoms with Gasteiger partial charge in [-0.1, -0.05) is 60.7 Å². The Morgan fingerprint density at radius 3 is 2.00 bits per heavy atom. The van der Waals surface area contributed by atoms with Crippen LogP contribution in [0.15, 0.2) is 60.7 Å². The van der Waals surface area contributed by atoms with Crippen molar-refractivity contribution in [2.75, 3.05) is 44.2 Å². The summed E-state index contributed by atoms with van der Waals surface area (Å²) in [4.78, 5) is 17.0. The summed E-state index contributed by atoms with van der Waals surface area (Å²) >= 11 is 0. The molecule has 2 saturated heterocycles. The number of sulfone groups is 1. The Hall–Kier alpha value is -2.22. The first-order valence-corrected chi connectivity index (χ1v) is 12.4. The van der Waals surface area contributed by atoms with Gasteiger partial charge in [-0.25, -0.2) is 8.42 Å². The summed E-state index contributed by atoms with van der Waals surface area (Å²) in [6.07, 6.45) is 0.716. The molecule has 0 aliphatic carbocycles. The molecule has 2 aliphatic heterocycles. The lowest BCUT2D eigenvalue weighted by Gasteiger charge is -2.37. The fourth-order valence-corrected chi connectivity index (χ4v) is 6.18. The second kappa shape index (κ2) is 9.29. The number of hydrogen-bond donors (Lipinski definition) is 1. The van der Waals surface area contributed by atoms with Crippen molar-refractivity contribution in [1.82, 2.24) is 15.1 Å². The third kappa shape index (κ3) is 5.09. The number of benzene rings is 2. The first-order valence-electron chi connectivity index (χ1n) is 10.6. The van der Waals surface area contributed by atoms with Crippen molar-refractivity contribution in [3.8, 4) is 0 Å². The molecule has 0 spiro atoms. The fraction of sp³-hybridized carbons (Fsp3) is 0.435. The van der Waals surface area contributed by atoms with Crippen molar-refractivity contribution < 1.29 is 13.2 Å². The van der Waals surface area contributed by atoms with E-state index in [-0.39, 0.29) is 30.3 Å². The van der Waals surface area contributed by atoms with E-state index in [4.69, 9.17) is 0 Å². The summed E-state index contributed by atoms with van der Waals surface area (Å²) in [5.74, 6) is 0.643. The molecule has 7 heteroatoms. The molecule has 160 valence electrons. The highest BCUT2D eigenvalue weighted by Crippen LogP contribution is 2.22. The largest absolute Gasteiger partial charge is 0.339 e. The third-order valence-electron chi connectivity index (χ3n) is 6.11. The molecule has 0 unspecified atom stereocenters. The van der Waals surface area contributed by atoms with E-state index in [2.05, 4.69) is 34.5 Å². The summed E-state index contributed by atoms with van der Waals surface area (Å²) < 4.78 is 23.5. The quantitative estimate of drug-likeness (QED) is 0.760. The van der Waals surface area contributed by atoms with E-state index in [1.165, 1.54) is 0 Å². The molecule has 0 aromatic heterocycles. The highest BCUT2D eigenvalue weighted by atomic mass is 32.2. The predicted octanol–water partition coefficient (Wildman–Crippen LogP) is 1.70. The Balaban J connectivity index is 1.33. The molecule has 1 amide bonds. The number of carbonyl (C=O) groups excluding carboxylic acids is 1. The van der Waals surface area contributed by atoms with Crippen molar-refractivity contribution >= 4 is 15.7 Å². The molecular weight excluding hydrogens is 398 g/mol. The van der Waals surface area contributed by atoms with Gasteiger partial charge in [-0.2, -0.15) is 0 Å². The zero-order valence-corrected chi connectivity index (χ0v) is 17.9. The van der Waals surface area contributed by atoms with Crippen LogP contribution in [0, 0.1) is 0 Å². The van der Waals surface area contributed by atoms with E-state index in [0.717, 1.165) is 24.2 Å². The lowest BCUT2D eigenvalue weighted by Crippen LogP contribution is -2.53. The van der Waals surface area contributed by atoms with Crippen LogP contribution in [0.2, 0.25) is 0 Å². The first kappa shape index (κ1) is 21.0. The van der Waals surface area contributed by atoms with Crippen LogP contribution < -0.4 is 5.32 Å². The number of nitrogens with zero attached hydrogens (tertiary/aromatic N) is 2. The average Bonchev–Trinajstić information content (AvgIpc) is 3.15. The maximum absolute atomic E-state index is 12.8. The van der Waals surface area contributed by atoms with Gasteiger partial charge in [0, 0.05) is 32.2 Å². The van der Waals surface area contributed by atoms with Crippen molar-refractivity contribution in [1.29, 1.82) is 0 Å². The minimum absolute atomic E-state index is 0.0404. The van der Waals surface area contributed by atoms with Gasteiger partial charge in [-0.15, -0.1) is 0 Å². The lowest BCUT2D eigenvalue weighted by molar-refractivity contribution is -0.132. The van der Waals surface area contributed by atoms with E-state index >= 15 is 0 Å². The van der Waals surface area contributed by atoms with E-state index in [1.807, 2.05) is 41.3 Å². The normalized spacial score (nSPS) is 21.8. The van der Waals surface area contributed by atoms with Gasteiger partial charge in [-0.05, 0) is 17.5 Å². The molecule has 30 heavy (non-hydrogen) atoms. The van der Waals surface area contributed by atoms with E-state index in [0.29, 0.717) is 25.3 Å². The minimum atomic E-state index is -2.88. The monoisotopic (exact) mass is 427 g/mol. The fourth-order valence-electron chi connectivity index (χ4n) is 4.42. The van der Waals surface area contributed by atoms with Crippen LogP contribution in [0.3, 0.4) is 0 Å². The molecule has 0 radical (unpaired) electrons. The van der Waals surface area contributed by atoms with Crippen LogP contribution in [0.4, 0.5) is 0 Å². The lowest BCUT2D eigenvalue weighted by atomic mass is 9.99. The Morgan fingerprint density at radius 1 is 0.933 bits per heavy atom. The molecule has 2 aromatic carbocycles.